The quantitative estimate of drug-likeness (QED) is 0.285. The van der Waals surface area contributed by atoms with Crippen LogP contribution in [-0.2, 0) is 0 Å². The number of nitrogens with zero attached hydrogens (tertiary/aromatic N) is 2. The van der Waals surface area contributed by atoms with E-state index in [1.165, 1.54) is 55.9 Å². The third kappa shape index (κ3) is 4.38. The van der Waals surface area contributed by atoms with Gasteiger partial charge in [0, 0.05) is 35.0 Å². The lowest BCUT2D eigenvalue weighted by atomic mass is 9.83. The fourth-order valence-corrected chi connectivity index (χ4v) is 9.85. The van der Waals surface area contributed by atoms with Gasteiger partial charge in [-0.15, -0.1) is 0 Å². The van der Waals surface area contributed by atoms with Gasteiger partial charge in [0.25, 0.3) is 0 Å². The summed E-state index contributed by atoms with van der Waals surface area (Å²) in [6, 6.07) is 20.4. The highest BCUT2D eigenvalue weighted by Gasteiger charge is 2.46. The molecule has 48 heavy (non-hydrogen) atoms. The van der Waals surface area contributed by atoms with E-state index in [4.69, 9.17) is 0 Å². The van der Waals surface area contributed by atoms with Crippen molar-refractivity contribution in [3.05, 3.63) is 168 Å². The van der Waals surface area contributed by atoms with E-state index in [1.807, 2.05) is 0 Å². The van der Waals surface area contributed by atoms with Gasteiger partial charge in [0.1, 0.15) is 0 Å². The Morgan fingerprint density at radius 2 is 0.583 bits per heavy atom. The standard InChI is InChI=1S/C46H44N2/c1-29-30(2)46(34-23-27-36(28-24-34)48-43-19-11-7-15-39(43)40-16-8-12-20-44(40)48)32(4)31(3)45(29)33-21-25-35(26-22-33)47-41-17-9-5-13-37(41)38-14-6-10-18-42(38)47/h5-28,37-44H,1-4H3. The van der Waals surface area contributed by atoms with E-state index in [1.54, 1.807) is 0 Å². The largest absolute Gasteiger partial charge is 0.357 e. The molecule has 3 aromatic carbocycles. The third-order valence-corrected chi connectivity index (χ3v) is 12.3. The zero-order valence-electron chi connectivity index (χ0n) is 28.4. The van der Waals surface area contributed by atoms with Crippen LogP contribution in [0.5, 0.6) is 0 Å². The molecule has 2 aliphatic heterocycles. The monoisotopic (exact) mass is 624 g/mol. The molecule has 0 saturated carbocycles. The lowest BCUT2D eigenvalue weighted by Crippen LogP contribution is -2.36. The second-order valence-electron chi connectivity index (χ2n) is 14.5. The summed E-state index contributed by atoms with van der Waals surface area (Å²) in [6.07, 6.45) is 36.9. The van der Waals surface area contributed by atoms with Crippen LogP contribution in [0.1, 0.15) is 22.3 Å². The number of rotatable bonds is 4. The van der Waals surface area contributed by atoms with Crippen molar-refractivity contribution < 1.29 is 0 Å². The molecule has 0 N–H and O–H groups in total. The fourth-order valence-electron chi connectivity index (χ4n) is 9.85. The lowest BCUT2D eigenvalue weighted by molar-refractivity contribution is 0.527. The first-order valence-corrected chi connectivity index (χ1v) is 17.8. The first-order chi connectivity index (χ1) is 23.5. The number of allylic oxidation sites excluding steroid dienone is 8. The normalized spacial score (nSPS) is 30.2. The van der Waals surface area contributed by atoms with Gasteiger partial charge in [-0.2, -0.15) is 0 Å². The van der Waals surface area contributed by atoms with Gasteiger partial charge in [-0.25, -0.2) is 0 Å². The maximum absolute atomic E-state index is 2.63. The highest BCUT2D eigenvalue weighted by molar-refractivity contribution is 5.84. The second-order valence-corrected chi connectivity index (χ2v) is 14.5. The third-order valence-electron chi connectivity index (χ3n) is 12.3. The Kier molecular flexibility index (Phi) is 6.97. The van der Waals surface area contributed by atoms with Crippen molar-refractivity contribution in [1.82, 2.24) is 0 Å². The molecule has 2 saturated heterocycles. The molecule has 6 aliphatic rings. The van der Waals surface area contributed by atoms with Gasteiger partial charge < -0.3 is 9.80 Å². The molecule has 9 rings (SSSR count). The average Bonchev–Trinajstić information content (AvgIpc) is 3.65. The summed E-state index contributed by atoms with van der Waals surface area (Å²) in [7, 11) is 0. The van der Waals surface area contributed by atoms with Crippen LogP contribution in [0, 0.1) is 51.4 Å². The van der Waals surface area contributed by atoms with Crippen molar-refractivity contribution in [2.75, 3.05) is 9.80 Å². The summed E-state index contributed by atoms with van der Waals surface area (Å²) in [5.41, 5.74) is 13.4. The Morgan fingerprint density at radius 1 is 0.333 bits per heavy atom. The van der Waals surface area contributed by atoms with Crippen molar-refractivity contribution in [3.63, 3.8) is 0 Å². The molecule has 0 bridgehead atoms. The van der Waals surface area contributed by atoms with Gasteiger partial charge in [0.15, 0.2) is 0 Å². The number of fused-ring (bicyclic) bond motifs is 6. The number of anilines is 2. The van der Waals surface area contributed by atoms with Crippen molar-refractivity contribution >= 4 is 11.4 Å². The highest BCUT2D eigenvalue weighted by Crippen LogP contribution is 2.47. The predicted octanol–water partition coefficient (Wildman–Crippen LogP) is 10.3. The van der Waals surface area contributed by atoms with Crippen molar-refractivity contribution in [3.8, 4) is 22.3 Å². The van der Waals surface area contributed by atoms with Crippen molar-refractivity contribution in [1.29, 1.82) is 0 Å². The number of hydrogen-bond acceptors (Lipinski definition) is 2. The molecule has 0 aromatic heterocycles. The molecule has 2 nitrogen and oxygen atoms in total. The van der Waals surface area contributed by atoms with Gasteiger partial charge in [-0.05, 0) is 96.5 Å². The molecule has 8 unspecified atom stereocenters. The number of benzene rings is 3. The molecule has 2 heteroatoms. The molecule has 8 atom stereocenters. The van der Waals surface area contributed by atoms with Crippen LogP contribution in [0.15, 0.2) is 146 Å². The average molecular weight is 625 g/mol. The minimum Gasteiger partial charge on any atom is -0.357 e. The summed E-state index contributed by atoms with van der Waals surface area (Å²) in [4.78, 5) is 5.26. The molecule has 2 fully saturated rings. The molecule has 0 radical (unpaired) electrons. The van der Waals surface area contributed by atoms with Crippen molar-refractivity contribution in [2.45, 2.75) is 51.9 Å². The van der Waals surface area contributed by atoms with E-state index in [0.29, 0.717) is 47.8 Å². The van der Waals surface area contributed by atoms with Gasteiger partial charge >= 0.3 is 0 Å². The summed E-state index contributed by atoms with van der Waals surface area (Å²) < 4.78 is 0. The summed E-state index contributed by atoms with van der Waals surface area (Å²) in [6.45, 7) is 9.25. The van der Waals surface area contributed by atoms with E-state index < -0.39 is 0 Å². The molecule has 238 valence electrons. The van der Waals surface area contributed by atoms with E-state index in [9.17, 15) is 0 Å². The molecular formula is C46H44N2. The van der Waals surface area contributed by atoms with E-state index in [-0.39, 0.29) is 0 Å². The smallest absolute Gasteiger partial charge is 0.0551 e. The molecule has 4 aliphatic carbocycles. The summed E-state index contributed by atoms with van der Waals surface area (Å²) in [5.74, 6) is 2.07. The van der Waals surface area contributed by atoms with E-state index in [2.05, 4.69) is 183 Å². The SMILES string of the molecule is Cc1c(C)c(-c2ccc(N3C4C=CC=CC4C4C=CC=CC43)cc2)c(C)c(C)c1-c1ccc(N2C3C=CC=CC3C3C=CC=CC32)cc1. The van der Waals surface area contributed by atoms with E-state index in [0.717, 1.165) is 0 Å². The van der Waals surface area contributed by atoms with Crippen LogP contribution in [0.2, 0.25) is 0 Å². The zero-order chi connectivity index (χ0) is 32.5. The topological polar surface area (TPSA) is 6.48 Å². The molecule has 0 amide bonds. The van der Waals surface area contributed by atoms with Gasteiger partial charge in [0.05, 0.1) is 24.2 Å². The Morgan fingerprint density at radius 3 is 0.854 bits per heavy atom. The Bertz CT molecular complexity index is 1770. The lowest BCUT2D eigenvalue weighted by Gasteiger charge is -2.32. The van der Waals surface area contributed by atoms with Crippen LogP contribution in [0.4, 0.5) is 11.4 Å². The highest BCUT2D eigenvalue weighted by atomic mass is 15.2. The van der Waals surface area contributed by atoms with Crippen LogP contribution in [0.3, 0.4) is 0 Å². The van der Waals surface area contributed by atoms with Crippen LogP contribution >= 0.6 is 0 Å². The van der Waals surface area contributed by atoms with Crippen LogP contribution in [-0.4, -0.2) is 24.2 Å². The predicted molar refractivity (Wildman–Crippen MR) is 203 cm³/mol. The fraction of sp³-hybridized carbons (Fsp3) is 0.261. The first-order valence-electron chi connectivity index (χ1n) is 17.8. The molecule has 3 aromatic rings. The molecule has 0 spiro atoms. The molecule has 2 heterocycles. The second kappa shape index (κ2) is 11.4. The molecular weight excluding hydrogens is 581 g/mol. The Hall–Kier alpha value is -4.82. The van der Waals surface area contributed by atoms with Gasteiger partial charge in [0.2, 0.25) is 0 Å². The Labute approximate surface area is 286 Å². The maximum atomic E-state index is 2.63. The van der Waals surface area contributed by atoms with E-state index >= 15 is 0 Å². The first kappa shape index (κ1) is 29.3. The van der Waals surface area contributed by atoms with Gasteiger partial charge in [-0.1, -0.05) is 121 Å². The Balaban J connectivity index is 1.02. The van der Waals surface area contributed by atoms with Crippen molar-refractivity contribution in [2.24, 2.45) is 23.7 Å². The van der Waals surface area contributed by atoms with Gasteiger partial charge in [-0.3, -0.25) is 0 Å². The van der Waals surface area contributed by atoms with Crippen LogP contribution in [0.25, 0.3) is 22.3 Å². The minimum atomic E-state index is 0.391. The van der Waals surface area contributed by atoms with Crippen LogP contribution < -0.4 is 9.80 Å². The summed E-state index contributed by atoms with van der Waals surface area (Å²) >= 11 is 0. The minimum absolute atomic E-state index is 0.391. The maximum Gasteiger partial charge on any atom is 0.0551 e. The summed E-state index contributed by atoms with van der Waals surface area (Å²) in [5, 5.41) is 0. The zero-order valence-corrected chi connectivity index (χ0v) is 28.4. The number of hydrogen-bond donors (Lipinski definition) is 0.